The number of nitro benzene ring substituents is 1. The molecule has 1 N–H and O–H groups in total. The monoisotopic (exact) mass is 471 g/mol. The maximum absolute atomic E-state index is 12.9. The summed E-state index contributed by atoms with van der Waals surface area (Å²) in [5.74, 6) is -0.501. The van der Waals surface area contributed by atoms with E-state index in [1.807, 2.05) is 35.2 Å². The van der Waals surface area contributed by atoms with Crippen molar-refractivity contribution < 1.29 is 28.7 Å². The van der Waals surface area contributed by atoms with Crippen molar-refractivity contribution in [3.8, 4) is 0 Å². The van der Waals surface area contributed by atoms with Gasteiger partial charge in [-0.15, -0.1) is 0 Å². The predicted octanol–water partition coefficient (Wildman–Crippen LogP) is 3.04. The Labute approximate surface area is 197 Å². The number of hydrogen-bond donors (Lipinski definition) is 1. The topological polar surface area (TPSA) is 120 Å². The third-order valence-corrected chi connectivity index (χ3v) is 5.46. The highest BCUT2D eigenvalue weighted by atomic mass is 16.6. The minimum absolute atomic E-state index is 0.0311. The summed E-state index contributed by atoms with van der Waals surface area (Å²) in [6.45, 7) is 3.54. The fourth-order valence-electron chi connectivity index (χ4n) is 3.65. The first-order chi connectivity index (χ1) is 16.5. The van der Waals surface area contributed by atoms with E-state index in [1.54, 1.807) is 19.1 Å². The minimum atomic E-state index is -0.715. The van der Waals surface area contributed by atoms with Gasteiger partial charge in [0.1, 0.15) is 12.6 Å². The number of nitro groups is 1. The lowest BCUT2D eigenvalue weighted by Gasteiger charge is -2.26. The quantitative estimate of drug-likeness (QED) is 0.302. The Bertz CT molecular complexity index is 953. The molecule has 10 nitrogen and oxygen atoms in total. The molecule has 182 valence electrons. The number of likely N-dealkylation sites (tertiary alicyclic amines) is 1. The van der Waals surface area contributed by atoms with Crippen molar-refractivity contribution in [2.24, 2.45) is 0 Å². The van der Waals surface area contributed by atoms with E-state index in [-0.39, 0.29) is 31.5 Å². The SMILES string of the molecule is CCOC(=O)NC[C@H](C(=O)OCc1ccc([N+](=O)[O-])cc1)N1CCC(OCc2ccccc2)C1. The normalized spacial score (nSPS) is 16.6. The number of carbonyl (C=O) groups is 2. The first-order valence-electron chi connectivity index (χ1n) is 11.2. The van der Waals surface area contributed by atoms with Crippen molar-refractivity contribution in [3.05, 3.63) is 75.8 Å². The number of nitrogens with zero attached hydrogens (tertiary/aromatic N) is 2. The van der Waals surface area contributed by atoms with Gasteiger partial charge in [0.25, 0.3) is 5.69 Å². The van der Waals surface area contributed by atoms with Crippen LogP contribution in [0.5, 0.6) is 0 Å². The number of non-ortho nitro benzene ring substituents is 1. The Balaban J connectivity index is 1.57. The largest absolute Gasteiger partial charge is 0.460 e. The van der Waals surface area contributed by atoms with Crippen LogP contribution in [0.25, 0.3) is 0 Å². The number of esters is 1. The first-order valence-corrected chi connectivity index (χ1v) is 11.2. The molecule has 3 rings (SSSR count). The highest BCUT2D eigenvalue weighted by Crippen LogP contribution is 2.19. The molecule has 1 aliphatic rings. The van der Waals surface area contributed by atoms with Gasteiger partial charge in [-0.1, -0.05) is 30.3 Å². The molecule has 0 aromatic heterocycles. The van der Waals surface area contributed by atoms with E-state index >= 15 is 0 Å². The summed E-state index contributed by atoms with van der Waals surface area (Å²) in [7, 11) is 0. The highest BCUT2D eigenvalue weighted by molar-refractivity contribution is 5.77. The van der Waals surface area contributed by atoms with Gasteiger partial charge in [0.2, 0.25) is 0 Å². The number of alkyl carbamates (subject to hydrolysis) is 1. The molecular formula is C24H29N3O7. The van der Waals surface area contributed by atoms with Crippen LogP contribution in [-0.4, -0.2) is 60.3 Å². The Morgan fingerprint density at radius 1 is 1.09 bits per heavy atom. The molecule has 0 spiro atoms. The average molecular weight is 472 g/mol. The molecule has 0 bridgehead atoms. The van der Waals surface area contributed by atoms with E-state index < -0.39 is 23.0 Å². The van der Waals surface area contributed by atoms with E-state index in [9.17, 15) is 19.7 Å². The van der Waals surface area contributed by atoms with Crippen LogP contribution in [0.2, 0.25) is 0 Å². The Hall–Kier alpha value is -3.50. The molecule has 10 heteroatoms. The van der Waals surface area contributed by atoms with E-state index in [0.717, 1.165) is 12.0 Å². The lowest BCUT2D eigenvalue weighted by atomic mass is 10.2. The summed E-state index contributed by atoms with van der Waals surface area (Å²) < 4.78 is 16.4. The van der Waals surface area contributed by atoms with Crippen molar-refractivity contribution in [2.45, 2.75) is 38.7 Å². The summed E-state index contributed by atoms with van der Waals surface area (Å²) in [5, 5.41) is 13.4. The molecule has 1 unspecified atom stereocenters. The summed E-state index contributed by atoms with van der Waals surface area (Å²) in [4.78, 5) is 37.0. The summed E-state index contributed by atoms with van der Waals surface area (Å²) >= 11 is 0. The van der Waals surface area contributed by atoms with Crippen LogP contribution in [0, 0.1) is 10.1 Å². The number of ether oxygens (including phenoxy) is 3. The first kappa shape index (κ1) is 25.1. The van der Waals surface area contributed by atoms with Crippen LogP contribution in [0.4, 0.5) is 10.5 Å². The van der Waals surface area contributed by atoms with Gasteiger partial charge in [0, 0.05) is 31.8 Å². The third kappa shape index (κ3) is 7.53. The fraction of sp³-hybridized carbons (Fsp3) is 0.417. The van der Waals surface area contributed by atoms with E-state index in [0.29, 0.717) is 25.3 Å². The molecule has 1 fully saturated rings. The van der Waals surface area contributed by atoms with Crippen molar-refractivity contribution in [2.75, 3.05) is 26.2 Å². The van der Waals surface area contributed by atoms with Gasteiger partial charge in [-0.3, -0.25) is 19.8 Å². The smallest absolute Gasteiger partial charge is 0.407 e. The lowest BCUT2D eigenvalue weighted by Crippen LogP contribution is -2.49. The van der Waals surface area contributed by atoms with Gasteiger partial charge < -0.3 is 19.5 Å². The maximum Gasteiger partial charge on any atom is 0.407 e. The van der Waals surface area contributed by atoms with Gasteiger partial charge in [0.05, 0.1) is 24.2 Å². The van der Waals surface area contributed by atoms with Crippen LogP contribution in [0.15, 0.2) is 54.6 Å². The molecule has 0 radical (unpaired) electrons. The van der Waals surface area contributed by atoms with Crippen LogP contribution >= 0.6 is 0 Å². The number of amides is 1. The molecule has 1 aliphatic heterocycles. The fourth-order valence-corrected chi connectivity index (χ4v) is 3.65. The second-order valence-electron chi connectivity index (χ2n) is 7.85. The zero-order chi connectivity index (χ0) is 24.3. The average Bonchev–Trinajstić information content (AvgIpc) is 3.31. The zero-order valence-electron chi connectivity index (χ0n) is 19.1. The van der Waals surface area contributed by atoms with E-state index in [1.165, 1.54) is 12.1 Å². The summed E-state index contributed by atoms with van der Waals surface area (Å²) in [6, 6.07) is 14.9. The number of carbonyl (C=O) groups excluding carboxylic acids is 2. The number of rotatable bonds is 11. The van der Waals surface area contributed by atoms with Gasteiger partial charge in [-0.05, 0) is 36.6 Å². The second-order valence-corrected chi connectivity index (χ2v) is 7.85. The third-order valence-electron chi connectivity index (χ3n) is 5.46. The predicted molar refractivity (Wildman–Crippen MR) is 123 cm³/mol. The van der Waals surface area contributed by atoms with Gasteiger partial charge in [-0.25, -0.2) is 4.79 Å². The Morgan fingerprint density at radius 2 is 1.79 bits per heavy atom. The Morgan fingerprint density at radius 3 is 2.47 bits per heavy atom. The maximum atomic E-state index is 12.9. The van der Waals surface area contributed by atoms with Crippen LogP contribution in [-0.2, 0) is 32.2 Å². The standard InChI is InChI=1S/C24H29N3O7/c1-2-32-24(29)25-14-22(23(28)34-17-19-8-10-20(11-9-19)27(30)31)26-13-12-21(15-26)33-16-18-6-4-3-5-7-18/h3-11,21-22H,2,12-17H2,1H3,(H,25,29)/t21?,22-/m1/s1. The van der Waals surface area contributed by atoms with Crippen LogP contribution in [0.3, 0.4) is 0 Å². The van der Waals surface area contributed by atoms with E-state index in [2.05, 4.69) is 5.32 Å². The molecule has 1 heterocycles. The van der Waals surface area contributed by atoms with Gasteiger partial charge >= 0.3 is 12.1 Å². The molecule has 2 aromatic rings. The van der Waals surface area contributed by atoms with Gasteiger partial charge in [-0.2, -0.15) is 0 Å². The molecule has 1 amide bonds. The second kappa shape index (κ2) is 12.7. The zero-order valence-corrected chi connectivity index (χ0v) is 19.1. The molecular weight excluding hydrogens is 442 g/mol. The molecule has 1 saturated heterocycles. The highest BCUT2D eigenvalue weighted by Gasteiger charge is 2.34. The van der Waals surface area contributed by atoms with E-state index in [4.69, 9.17) is 14.2 Å². The van der Waals surface area contributed by atoms with Crippen molar-refractivity contribution in [1.82, 2.24) is 10.2 Å². The van der Waals surface area contributed by atoms with Crippen LogP contribution in [0.1, 0.15) is 24.5 Å². The number of hydrogen-bond acceptors (Lipinski definition) is 8. The summed E-state index contributed by atoms with van der Waals surface area (Å²) in [5.41, 5.74) is 1.66. The van der Waals surface area contributed by atoms with Crippen molar-refractivity contribution in [3.63, 3.8) is 0 Å². The Kier molecular flexibility index (Phi) is 9.36. The van der Waals surface area contributed by atoms with Crippen LogP contribution < -0.4 is 5.32 Å². The molecule has 2 atom stereocenters. The summed E-state index contributed by atoms with van der Waals surface area (Å²) in [6.07, 6.45) is 0.0952. The molecule has 0 aliphatic carbocycles. The number of nitrogens with one attached hydrogen (secondary N) is 1. The molecule has 0 saturated carbocycles. The molecule has 2 aromatic carbocycles. The number of benzene rings is 2. The lowest BCUT2D eigenvalue weighted by molar-refractivity contribution is -0.384. The van der Waals surface area contributed by atoms with Crippen molar-refractivity contribution >= 4 is 17.7 Å². The minimum Gasteiger partial charge on any atom is -0.460 e. The molecule has 34 heavy (non-hydrogen) atoms. The van der Waals surface area contributed by atoms with Crippen molar-refractivity contribution in [1.29, 1.82) is 0 Å². The van der Waals surface area contributed by atoms with Gasteiger partial charge in [0.15, 0.2) is 0 Å².